The van der Waals surface area contributed by atoms with Gasteiger partial charge in [-0.1, -0.05) is 6.92 Å². The van der Waals surface area contributed by atoms with Crippen molar-refractivity contribution >= 4 is 5.97 Å². The van der Waals surface area contributed by atoms with Crippen LogP contribution in [0, 0.1) is 0 Å². The maximum atomic E-state index is 11.4. The molecule has 1 heterocycles. The first-order valence-electron chi connectivity index (χ1n) is 5.26. The largest absolute Gasteiger partial charge is 0.488 e. The summed E-state index contributed by atoms with van der Waals surface area (Å²) < 4.78 is 10.3. The standard InChI is InChI=1S/C12H15NO3/c1-7-9-5-8(12(14)15-2)3-4-10(9)16-11(7)6-13/h3-5,7,11H,6,13H2,1-2H3/t7-,11-/m1/s1. The van der Waals surface area contributed by atoms with Crippen molar-refractivity contribution in [1.82, 2.24) is 0 Å². The Bertz CT molecular complexity index is 417. The van der Waals surface area contributed by atoms with Crippen LogP contribution in [0.5, 0.6) is 5.75 Å². The summed E-state index contributed by atoms with van der Waals surface area (Å²) in [7, 11) is 1.37. The number of methoxy groups -OCH3 is 1. The van der Waals surface area contributed by atoms with Crippen LogP contribution in [-0.2, 0) is 4.74 Å². The van der Waals surface area contributed by atoms with Crippen molar-refractivity contribution in [1.29, 1.82) is 0 Å². The fraction of sp³-hybridized carbons (Fsp3) is 0.417. The molecule has 2 atom stereocenters. The molecule has 0 bridgehead atoms. The van der Waals surface area contributed by atoms with Gasteiger partial charge in [-0.05, 0) is 18.2 Å². The number of carbonyl (C=O) groups is 1. The number of benzene rings is 1. The highest BCUT2D eigenvalue weighted by atomic mass is 16.5. The minimum absolute atomic E-state index is 0.00268. The van der Waals surface area contributed by atoms with Gasteiger partial charge in [-0.3, -0.25) is 0 Å². The second-order valence-corrected chi connectivity index (χ2v) is 3.92. The van der Waals surface area contributed by atoms with Gasteiger partial charge in [0, 0.05) is 18.0 Å². The van der Waals surface area contributed by atoms with Crippen LogP contribution in [0.3, 0.4) is 0 Å². The van der Waals surface area contributed by atoms with Gasteiger partial charge in [0.1, 0.15) is 11.9 Å². The molecule has 1 aromatic carbocycles. The lowest BCUT2D eigenvalue weighted by molar-refractivity contribution is 0.0600. The molecular weight excluding hydrogens is 206 g/mol. The molecule has 0 saturated heterocycles. The smallest absolute Gasteiger partial charge is 0.337 e. The van der Waals surface area contributed by atoms with E-state index in [9.17, 15) is 4.79 Å². The summed E-state index contributed by atoms with van der Waals surface area (Å²) >= 11 is 0. The number of nitrogens with two attached hydrogens (primary N) is 1. The van der Waals surface area contributed by atoms with Crippen LogP contribution in [-0.4, -0.2) is 25.7 Å². The highest BCUT2D eigenvalue weighted by molar-refractivity contribution is 5.89. The van der Waals surface area contributed by atoms with Gasteiger partial charge in [0.15, 0.2) is 0 Å². The van der Waals surface area contributed by atoms with Gasteiger partial charge in [0.05, 0.1) is 12.7 Å². The SMILES string of the molecule is COC(=O)c1ccc2c(c1)[C@@H](C)[C@@H](CN)O2. The Morgan fingerprint density at radius 3 is 2.94 bits per heavy atom. The lowest BCUT2D eigenvalue weighted by Gasteiger charge is -2.11. The number of fused-ring (bicyclic) bond motifs is 1. The van der Waals surface area contributed by atoms with E-state index in [1.807, 2.05) is 13.0 Å². The fourth-order valence-corrected chi connectivity index (χ4v) is 1.97. The first kappa shape index (κ1) is 11.0. The molecule has 4 nitrogen and oxygen atoms in total. The van der Waals surface area contributed by atoms with Gasteiger partial charge in [-0.2, -0.15) is 0 Å². The van der Waals surface area contributed by atoms with E-state index < -0.39 is 0 Å². The van der Waals surface area contributed by atoms with Gasteiger partial charge in [0.2, 0.25) is 0 Å². The molecule has 0 fully saturated rings. The zero-order valence-corrected chi connectivity index (χ0v) is 9.40. The topological polar surface area (TPSA) is 61.5 Å². The number of hydrogen-bond acceptors (Lipinski definition) is 4. The summed E-state index contributed by atoms with van der Waals surface area (Å²) in [5.74, 6) is 0.700. The monoisotopic (exact) mass is 221 g/mol. The van der Waals surface area contributed by atoms with E-state index in [4.69, 9.17) is 10.5 Å². The third-order valence-electron chi connectivity index (χ3n) is 2.99. The minimum atomic E-state index is -0.328. The highest BCUT2D eigenvalue weighted by Crippen LogP contribution is 2.38. The Balaban J connectivity index is 2.35. The number of hydrogen-bond donors (Lipinski definition) is 1. The zero-order valence-electron chi connectivity index (χ0n) is 9.40. The van der Waals surface area contributed by atoms with Crippen molar-refractivity contribution in [2.75, 3.05) is 13.7 Å². The molecule has 1 aliphatic heterocycles. The first-order valence-corrected chi connectivity index (χ1v) is 5.26. The van der Waals surface area contributed by atoms with Gasteiger partial charge >= 0.3 is 5.97 Å². The molecule has 4 heteroatoms. The molecule has 0 aromatic heterocycles. The second-order valence-electron chi connectivity index (χ2n) is 3.92. The van der Waals surface area contributed by atoms with Crippen LogP contribution in [0.1, 0.15) is 28.8 Å². The molecule has 2 N–H and O–H groups in total. The second kappa shape index (κ2) is 4.14. The van der Waals surface area contributed by atoms with Crippen molar-refractivity contribution in [2.45, 2.75) is 18.9 Å². The van der Waals surface area contributed by atoms with E-state index in [-0.39, 0.29) is 18.0 Å². The first-order chi connectivity index (χ1) is 7.67. The Morgan fingerprint density at radius 1 is 1.56 bits per heavy atom. The van der Waals surface area contributed by atoms with Crippen molar-refractivity contribution in [3.05, 3.63) is 29.3 Å². The maximum absolute atomic E-state index is 11.4. The maximum Gasteiger partial charge on any atom is 0.337 e. The molecule has 1 aromatic rings. The molecule has 2 rings (SSSR count). The van der Waals surface area contributed by atoms with E-state index in [2.05, 4.69) is 4.74 Å². The molecule has 1 aliphatic rings. The summed E-state index contributed by atoms with van der Waals surface area (Å²) in [5.41, 5.74) is 7.19. The molecule has 0 saturated carbocycles. The van der Waals surface area contributed by atoms with Crippen molar-refractivity contribution < 1.29 is 14.3 Å². The number of esters is 1. The fourth-order valence-electron chi connectivity index (χ4n) is 1.97. The van der Waals surface area contributed by atoms with Gasteiger partial charge < -0.3 is 15.2 Å². The van der Waals surface area contributed by atoms with Gasteiger partial charge in [0.25, 0.3) is 0 Å². The lowest BCUT2D eigenvalue weighted by atomic mass is 9.96. The van der Waals surface area contributed by atoms with E-state index in [1.54, 1.807) is 12.1 Å². The predicted octanol–water partition coefficient (Wildman–Crippen LogP) is 1.30. The summed E-state index contributed by atoms with van der Waals surface area (Å²) in [6.45, 7) is 2.52. The quantitative estimate of drug-likeness (QED) is 0.764. The Hall–Kier alpha value is -1.55. The number of rotatable bonds is 2. The van der Waals surface area contributed by atoms with E-state index >= 15 is 0 Å². The molecule has 86 valence electrons. The number of carbonyl (C=O) groups excluding carboxylic acids is 1. The zero-order chi connectivity index (χ0) is 11.7. The Kier molecular flexibility index (Phi) is 2.83. The molecule has 0 aliphatic carbocycles. The summed E-state index contributed by atoms with van der Waals surface area (Å²) in [5, 5.41) is 0. The van der Waals surface area contributed by atoms with Crippen LogP contribution in [0.4, 0.5) is 0 Å². The van der Waals surface area contributed by atoms with Crippen LogP contribution in [0.15, 0.2) is 18.2 Å². The molecule has 0 spiro atoms. The van der Waals surface area contributed by atoms with Crippen LogP contribution >= 0.6 is 0 Å². The predicted molar refractivity (Wildman–Crippen MR) is 59.7 cm³/mol. The Morgan fingerprint density at radius 2 is 2.31 bits per heavy atom. The highest BCUT2D eigenvalue weighted by Gasteiger charge is 2.30. The van der Waals surface area contributed by atoms with Gasteiger partial charge in [-0.15, -0.1) is 0 Å². The molecule has 0 amide bonds. The van der Waals surface area contributed by atoms with Crippen LogP contribution < -0.4 is 10.5 Å². The van der Waals surface area contributed by atoms with Crippen LogP contribution in [0.2, 0.25) is 0 Å². The molecule has 0 radical (unpaired) electrons. The molecular formula is C12H15NO3. The summed E-state index contributed by atoms with van der Waals surface area (Å²) in [6.07, 6.45) is 0.00268. The Labute approximate surface area is 94.3 Å². The third kappa shape index (κ3) is 1.65. The summed E-state index contributed by atoms with van der Waals surface area (Å²) in [4.78, 5) is 11.4. The third-order valence-corrected chi connectivity index (χ3v) is 2.99. The lowest BCUT2D eigenvalue weighted by Crippen LogP contribution is -2.26. The van der Waals surface area contributed by atoms with E-state index in [1.165, 1.54) is 7.11 Å². The normalized spacial score (nSPS) is 22.4. The van der Waals surface area contributed by atoms with Gasteiger partial charge in [-0.25, -0.2) is 4.79 Å². The van der Waals surface area contributed by atoms with E-state index in [0.717, 1.165) is 11.3 Å². The van der Waals surface area contributed by atoms with Crippen molar-refractivity contribution in [3.63, 3.8) is 0 Å². The average Bonchev–Trinajstić information content (AvgIpc) is 2.64. The number of ether oxygens (including phenoxy) is 2. The molecule has 0 unspecified atom stereocenters. The van der Waals surface area contributed by atoms with Crippen molar-refractivity contribution in [3.8, 4) is 5.75 Å². The van der Waals surface area contributed by atoms with E-state index in [0.29, 0.717) is 12.1 Å². The average molecular weight is 221 g/mol. The minimum Gasteiger partial charge on any atom is -0.488 e. The van der Waals surface area contributed by atoms with Crippen LogP contribution in [0.25, 0.3) is 0 Å². The molecule has 16 heavy (non-hydrogen) atoms. The van der Waals surface area contributed by atoms with Crippen molar-refractivity contribution in [2.24, 2.45) is 5.73 Å². The summed E-state index contributed by atoms with van der Waals surface area (Å²) in [6, 6.07) is 5.32.